The monoisotopic (exact) mass is 414 g/mol. The maximum absolute atomic E-state index is 12.5. The van der Waals surface area contributed by atoms with Gasteiger partial charge in [0.2, 0.25) is 11.8 Å². The Bertz CT molecular complexity index is 558. The van der Waals surface area contributed by atoms with Crippen LogP contribution in [0.3, 0.4) is 0 Å². The molecule has 0 aliphatic rings. The quantitative estimate of drug-likeness (QED) is 0.355. The van der Waals surface area contributed by atoms with E-state index in [1.165, 1.54) is 6.92 Å². The second kappa shape index (κ2) is 13.1. The number of hydrogen-bond acceptors (Lipinski definition) is 6. The van der Waals surface area contributed by atoms with Crippen molar-refractivity contribution in [2.45, 2.75) is 78.5 Å². The largest absolute Gasteiger partial charge is 0.444 e. The summed E-state index contributed by atoms with van der Waals surface area (Å²) >= 11 is 0. The van der Waals surface area contributed by atoms with Crippen molar-refractivity contribution in [1.29, 1.82) is 0 Å². The van der Waals surface area contributed by atoms with Crippen LogP contribution in [-0.2, 0) is 19.1 Å². The second-order valence-corrected chi connectivity index (χ2v) is 8.42. The van der Waals surface area contributed by atoms with Crippen molar-refractivity contribution >= 4 is 23.7 Å². The van der Waals surface area contributed by atoms with Crippen LogP contribution in [0, 0.1) is 5.92 Å². The molecule has 0 spiro atoms. The van der Waals surface area contributed by atoms with E-state index >= 15 is 0 Å². The van der Waals surface area contributed by atoms with Crippen LogP contribution in [0.5, 0.6) is 0 Å². The van der Waals surface area contributed by atoms with Crippen molar-refractivity contribution in [3.63, 3.8) is 0 Å². The number of unbranched alkanes of at least 4 members (excludes halogenated alkanes) is 1. The Morgan fingerprint density at radius 1 is 0.966 bits per heavy atom. The number of rotatable bonds is 12. The molecule has 9 nitrogen and oxygen atoms in total. The van der Waals surface area contributed by atoms with Gasteiger partial charge in [0.25, 0.3) is 0 Å². The van der Waals surface area contributed by atoms with Crippen LogP contribution < -0.4 is 21.3 Å². The third-order valence-electron chi connectivity index (χ3n) is 3.99. The van der Waals surface area contributed by atoms with Crippen molar-refractivity contribution in [2.75, 3.05) is 20.1 Å². The summed E-state index contributed by atoms with van der Waals surface area (Å²) in [5.74, 6) is -0.774. The van der Waals surface area contributed by atoms with Gasteiger partial charge in [0, 0.05) is 6.54 Å². The molecule has 0 radical (unpaired) electrons. The molecule has 29 heavy (non-hydrogen) atoms. The topological polar surface area (TPSA) is 126 Å². The molecule has 4 N–H and O–H groups in total. The van der Waals surface area contributed by atoms with Gasteiger partial charge in [-0.25, -0.2) is 4.79 Å². The minimum absolute atomic E-state index is 0.0546. The van der Waals surface area contributed by atoms with Gasteiger partial charge in [-0.05, 0) is 59.9 Å². The summed E-state index contributed by atoms with van der Waals surface area (Å²) in [6, 6.07) is -1.18. The molecule has 0 rings (SSSR count). The Labute approximate surface area is 174 Å². The molecule has 0 aliphatic carbocycles. The highest BCUT2D eigenvalue weighted by atomic mass is 16.6. The Morgan fingerprint density at radius 3 is 2.07 bits per heavy atom. The van der Waals surface area contributed by atoms with E-state index < -0.39 is 29.7 Å². The highest BCUT2D eigenvalue weighted by Crippen LogP contribution is 2.07. The van der Waals surface area contributed by atoms with E-state index in [4.69, 9.17) is 4.74 Å². The zero-order valence-corrected chi connectivity index (χ0v) is 18.8. The number of Topliss-reactive ketones (excluding diaryl/α,β-unsaturated/α-hetero) is 1. The molecule has 0 fully saturated rings. The standard InChI is InChI=1S/C20H38N4O5/c1-13(2)16(21-7)18(27)24-15(17(26)23-12-14(3)25)10-8-9-11-22-19(28)29-20(4,5)6/h13,15-16,21H,8-12H2,1-7H3,(H,22,28)(H,23,26)(H,24,27)/t15-,16-/m0/s1. The summed E-state index contributed by atoms with van der Waals surface area (Å²) < 4.78 is 5.16. The highest BCUT2D eigenvalue weighted by Gasteiger charge is 2.26. The van der Waals surface area contributed by atoms with Gasteiger partial charge in [0.05, 0.1) is 12.6 Å². The van der Waals surface area contributed by atoms with Crippen LogP contribution in [0.4, 0.5) is 4.79 Å². The Kier molecular flexibility index (Phi) is 12.2. The van der Waals surface area contributed by atoms with Crippen LogP contribution >= 0.6 is 0 Å². The first kappa shape index (κ1) is 26.8. The zero-order valence-electron chi connectivity index (χ0n) is 18.8. The minimum Gasteiger partial charge on any atom is -0.444 e. The summed E-state index contributed by atoms with van der Waals surface area (Å²) in [6.07, 6.45) is 1.11. The van der Waals surface area contributed by atoms with Crippen LogP contribution in [0.2, 0.25) is 0 Å². The number of alkyl carbamates (subject to hydrolysis) is 1. The summed E-state index contributed by atoms with van der Waals surface area (Å²) in [5, 5.41) is 10.9. The number of nitrogens with one attached hydrogen (secondary N) is 4. The van der Waals surface area contributed by atoms with Crippen molar-refractivity contribution in [3.8, 4) is 0 Å². The first-order valence-electron chi connectivity index (χ1n) is 10.1. The van der Waals surface area contributed by atoms with Crippen LogP contribution in [0.25, 0.3) is 0 Å². The van der Waals surface area contributed by atoms with E-state index in [0.717, 1.165) is 0 Å². The number of hydrogen-bond donors (Lipinski definition) is 4. The maximum Gasteiger partial charge on any atom is 0.407 e. The smallest absolute Gasteiger partial charge is 0.407 e. The number of likely N-dealkylation sites (N-methyl/N-ethyl adjacent to an activating group) is 1. The van der Waals surface area contributed by atoms with E-state index in [1.807, 2.05) is 13.8 Å². The van der Waals surface area contributed by atoms with E-state index in [9.17, 15) is 19.2 Å². The summed E-state index contributed by atoms with van der Waals surface area (Å²) in [7, 11) is 1.69. The number of amides is 3. The number of carbonyl (C=O) groups excluding carboxylic acids is 4. The van der Waals surface area contributed by atoms with Gasteiger partial charge in [-0.2, -0.15) is 0 Å². The van der Waals surface area contributed by atoms with Crippen molar-refractivity contribution < 1.29 is 23.9 Å². The fraction of sp³-hybridized carbons (Fsp3) is 0.800. The molecule has 0 unspecified atom stereocenters. The summed E-state index contributed by atoms with van der Waals surface area (Å²) in [5.41, 5.74) is -0.561. The fourth-order valence-electron chi connectivity index (χ4n) is 2.61. The van der Waals surface area contributed by atoms with Gasteiger partial charge in [-0.3, -0.25) is 14.4 Å². The van der Waals surface area contributed by atoms with Crippen LogP contribution in [0.15, 0.2) is 0 Å². The molecule has 2 atom stereocenters. The maximum atomic E-state index is 12.5. The van der Waals surface area contributed by atoms with Gasteiger partial charge >= 0.3 is 6.09 Å². The van der Waals surface area contributed by atoms with Gasteiger partial charge < -0.3 is 26.0 Å². The first-order chi connectivity index (χ1) is 13.4. The number of ketones is 1. The lowest BCUT2D eigenvalue weighted by atomic mass is 10.0. The molecular weight excluding hydrogens is 376 g/mol. The lowest BCUT2D eigenvalue weighted by Gasteiger charge is -2.24. The van der Waals surface area contributed by atoms with Crippen LogP contribution in [-0.4, -0.2) is 61.5 Å². The fourth-order valence-corrected chi connectivity index (χ4v) is 2.61. The molecule has 0 aromatic rings. The van der Waals surface area contributed by atoms with E-state index in [1.54, 1.807) is 27.8 Å². The zero-order chi connectivity index (χ0) is 22.6. The van der Waals surface area contributed by atoms with E-state index in [-0.39, 0.29) is 24.2 Å². The predicted octanol–water partition coefficient (Wildman–Crippen LogP) is 1.12. The van der Waals surface area contributed by atoms with Gasteiger partial charge in [0.15, 0.2) is 0 Å². The Balaban J connectivity index is 4.66. The van der Waals surface area contributed by atoms with Crippen molar-refractivity contribution in [1.82, 2.24) is 21.3 Å². The molecule has 9 heteroatoms. The second-order valence-electron chi connectivity index (χ2n) is 8.42. The third-order valence-corrected chi connectivity index (χ3v) is 3.99. The molecule has 0 aliphatic heterocycles. The van der Waals surface area contributed by atoms with Gasteiger partial charge in [0.1, 0.15) is 17.4 Å². The normalized spacial score (nSPS) is 13.4. The third kappa shape index (κ3) is 12.8. The van der Waals surface area contributed by atoms with Gasteiger partial charge in [-0.1, -0.05) is 13.8 Å². The average molecular weight is 415 g/mol. The van der Waals surface area contributed by atoms with Crippen molar-refractivity contribution in [3.05, 3.63) is 0 Å². The molecule has 0 saturated heterocycles. The van der Waals surface area contributed by atoms with E-state index in [0.29, 0.717) is 25.8 Å². The lowest BCUT2D eigenvalue weighted by Crippen LogP contribution is -2.54. The summed E-state index contributed by atoms with van der Waals surface area (Å²) in [4.78, 5) is 47.7. The molecule has 168 valence electrons. The molecule has 3 amide bonds. The van der Waals surface area contributed by atoms with Crippen molar-refractivity contribution in [2.24, 2.45) is 5.92 Å². The SMILES string of the molecule is CN[C@H](C(=O)N[C@@H](CCCCNC(=O)OC(C)(C)C)C(=O)NCC(C)=O)C(C)C. The lowest BCUT2D eigenvalue weighted by molar-refractivity contribution is -0.131. The van der Waals surface area contributed by atoms with E-state index in [2.05, 4.69) is 21.3 Å². The molecule has 0 heterocycles. The average Bonchev–Trinajstić information content (AvgIpc) is 2.56. The number of ether oxygens (including phenoxy) is 1. The Hall–Kier alpha value is -2.16. The molecular formula is C20H38N4O5. The highest BCUT2D eigenvalue weighted by molar-refractivity contribution is 5.91. The van der Waals surface area contributed by atoms with Crippen LogP contribution in [0.1, 0.15) is 60.8 Å². The summed E-state index contributed by atoms with van der Waals surface area (Å²) in [6.45, 7) is 10.9. The molecule has 0 aromatic carbocycles. The first-order valence-corrected chi connectivity index (χ1v) is 10.1. The van der Waals surface area contributed by atoms with Gasteiger partial charge in [-0.15, -0.1) is 0 Å². The molecule has 0 aromatic heterocycles. The number of carbonyl (C=O) groups is 4. The molecule has 0 bridgehead atoms. The minimum atomic E-state index is -0.752. The predicted molar refractivity (Wildman–Crippen MR) is 111 cm³/mol. The molecule has 0 saturated carbocycles. The Morgan fingerprint density at radius 2 is 1.59 bits per heavy atom.